The molecule has 0 aliphatic carbocycles. The molecule has 0 aliphatic rings. The Morgan fingerprint density at radius 1 is 1.27 bits per heavy atom. The summed E-state index contributed by atoms with van der Waals surface area (Å²) in [6.45, 7) is 5.98. The van der Waals surface area contributed by atoms with E-state index in [1.807, 2.05) is 38.1 Å². The monoisotopic (exact) mass is 317 g/mol. The van der Waals surface area contributed by atoms with E-state index in [0.717, 1.165) is 12.0 Å². The van der Waals surface area contributed by atoms with Crippen LogP contribution in [0.3, 0.4) is 0 Å². The second-order valence-electron chi connectivity index (χ2n) is 5.28. The quantitative estimate of drug-likeness (QED) is 0.835. The van der Waals surface area contributed by atoms with Gasteiger partial charge in [0.2, 0.25) is 0 Å². The van der Waals surface area contributed by atoms with Crippen LogP contribution in [-0.2, 0) is 0 Å². The highest BCUT2D eigenvalue weighted by Gasteiger charge is 2.09. The first-order valence-corrected chi connectivity index (χ1v) is 7.71. The second-order valence-corrected chi connectivity index (χ2v) is 5.69. The Hall–Kier alpha value is -2.00. The summed E-state index contributed by atoms with van der Waals surface area (Å²) in [7, 11) is 0. The minimum absolute atomic E-state index is 0.120. The number of aryl methyl sites for hydroxylation is 1. The van der Waals surface area contributed by atoms with Gasteiger partial charge >= 0.3 is 0 Å². The number of hydrogen-bond acceptors (Lipinski definition) is 2. The molecule has 2 aromatic carbocycles. The summed E-state index contributed by atoms with van der Waals surface area (Å²) in [6.07, 6.45) is 1.03. The third-order valence-corrected chi connectivity index (χ3v) is 3.85. The number of halogens is 1. The Morgan fingerprint density at radius 3 is 2.73 bits per heavy atom. The summed E-state index contributed by atoms with van der Waals surface area (Å²) in [5.74, 6) is 0.512. The maximum Gasteiger partial charge on any atom is 0.255 e. The Kier molecular flexibility index (Phi) is 5.45. The molecule has 1 amide bonds. The molecule has 0 aromatic heterocycles. The molecular formula is C18H20ClNO2. The summed E-state index contributed by atoms with van der Waals surface area (Å²) in [5, 5.41) is 3.47. The van der Waals surface area contributed by atoms with E-state index in [0.29, 0.717) is 22.0 Å². The number of anilines is 1. The molecule has 0 saturated heterocycles. The molecule has 2 rings (SSSR count). The standard InChI is InChI=1S/C18H20ClNO2/c1-4-13(3)22-16-7-5-6-14(10-16)18(21)20-15-9-8-12(2)17(19)11-15/h5-11,13H,4H2,1-3H3,(H,20,21). The third kappa shape index (κ3) is 4.25. The highest BCUT2D eigenvalue weighted by Crippen LogP contribution is 2.21. The van der Waals surface area contributed by atoms with Gasteiger partial charge in [0.15, 0.2) is 0 Å². The lowest BCUT2D eigenvalue weighted by Gasteiger charge is -2.13. The zero-order valence-corrected chi connectivity index (χ0v) is 13.8. The van der Waals surface area contributed by atoms with Crippen LogP contribution in [0.2, 0.25) is 5.02 Å². The average Bonchev–Trinajstić information content (AvgIpc) is 2.51. The van der Waals surface area contributed by atoms with Gasteiger partial charge in [-0.05, 0) is 56.2 Å². The number of nitrogens with one attached hydrogen (secondary N) is 1. The maximum atomic E-state index is 12.3. The van der Waals surface area contributed by atoms with Crippen molar-refractivity contribution < 1.29 is 9.53 Å². The number of rotatable bonds is 5. The minimum Gasteiger partial charge on any atom is -0.491 e. The van der Waals surface area contributed by atoms with Crippen molar-refractivity contribution in [3.63, 3.8) is 0 Å². The van der Waals surface area contributed by atoms with Crippen LogP contribution < -0.4 is 10.1 Å². The van der Waals surface area contributed by atoms with Crippen molar-refractivity contribution >= 4 is 23.2 Å². The fourth-order valence-corrected chi connectivity index (χ4v) is 2.08. The number of ether oxygens (including phenoxy) is 1. The van der Waals surface area contributed by atoms with Crippen LogP contribution in [-0.4, -0.2) is 12.0 Å². The Balaban J connectivity index is 2.12. The average molecular weight is 318 g/mol. The molecule has 0 saturated carbocycles. The molecule has 116 valence electrons. The summed E-state index contributed by atoms with van der Waals surface area (Å²) >= 11 is 6.07. The van der Waals surface area contributed by atoms with E-state index in [9.17, 15) is 4.79 Å². The molecule has 1 N–H and O–H groups in total. The third-order valence-electron chi connectivity index (χ3n) is 3.44. The van der Waals surface area contributed by atoms with Gasteiger partial charge in [0.05, 0.1) is 6.10 Å². The van der Waals surface area contributed by atoms with Crippen molar-refractivity contribution in [2.75, 3.05) is 5.32 Å². The minimum atomic E-state index is -0.186. The van der Waals surface area contributed by atoms with E-state index in [1.54, 1.807) is 18.2 Å². The van der Waals surface area contributed by atoms with Crippen molar-refractivity contribution in [1.29, 1.82) is 0 Å². The molecule has 0 radical (unpaired) electrons. The first kappa shape index (κ1) is 16.4. The zero-order valence-electron chi connectivity index (χ0n) is 13.0. The number of amides is 1. The number of hydrogen-bond donors (Lipinski definition) is 1. The normalized spacial score (nSPS) is 11.8. The van der Waals surface area contributed by atoms with E-state index < -0.39 is 0 Å². The van der Waals surface area contributed by atoms with Crippen molar-refractivity contribution in [2.24, 2.45) is 0 Å². The lowest BCUT2D eigenvalue weighted by Crippen LogP contribution is -2.13. The molecule has 2 aromatic rings. The highest BCUT2D eigenvalue weighted by atomic mass is 35.5. The van der Waals surface area contributed by atoms with Gasteiger partial charge in [0.1, 0.15) is 5.75 Å². The van der Waals surface area contributed by atoms with E-state index in [4.69, 9.17) is 16.3 Å². The summed E-state index contributed by atoms with van der Waals surface area (Å²) in [5.41, 5.74) is 2.20. The molecular weight excluding hydrogens is 298 g/mol. The zero-order chi connectivity index (χ0) is 16.1. The van der Waals surface area contributed by atoms with Crippen LogP contribution in [0, 0.1) is 6.92 Å². The first-order valence-electron chi connectivity index (χ1n) is 7.34. The topological polar surface area (TPSA) is 38.3 Å². The number of benzene rings is 2. The fraction of sp³-hybridized carbons (Fsp3) is 0.278. The van der Waals surface area contributed by atoms with E-state index >= 15 is 0 Å². The van der Waals surface area contributed by atoms with Gasteiger partial charge in [-0.25, -0.2) is 0 Å². The molecule has 0 bridgehead atoms. The molecule has 0 aliphatic heterocycles. The van der Waals surface area contributed by atoms with E-state index in [-0.39, 0.29) is 12.0 Å². The summed E-state index contributed by atoms with van der Waals surface area (Å²) in [4.78, 5) is 12.3. The van der Waals surface area contributed by atoms with Crippen LogP contribution >= 0.6 is 11.6 Å². The molecule has 1 unspecified atom stereocenters. The molecule has 4 heteroatoms. The first-order chi connectivity index (χ1) is 10.5. The van der Waals surface area contributed by atoms with E-state index in [2.05, 4.69) is 12.2 Å². The Morgan fingerprint density at radius 2 is 2.05 bits per heavy atom. The number of carbonyl (C=O) groups excluding carboxylic acids is 1. The van der Waals surface area contributed by atoms with Gasteiger partial charge < -0.3 is 10.1 Å². The molecule has 22 heavy (non-hydrogen) atoms. The highest BCUT2D eigenvalue weighted by molar-refractivity contribution is 6.31. The second kappa shape index (κ2) is 7.32. The van der Waals surface area contributed by atoms with Gasteiger partial charge in [-0.2, -0.15) is 0 Å². The lowest BCUT2D eigenvalue weighted by molar-refractivity contribution is 0.102. The lowest BCUT2D eigenvalue weighted by atomic mass is 10.2. The Bertz CT molecular complexity index is 670. The Labute approximate surface area is 136 Å². The molecule has 0 fully saturated rings. The fourth-order valence-electron chi connectivity index (χ4n) is 1.90. The predicted molar refractivity (Wildman–Crippen MR) is 91.0 cm³/mol. The molecule has 1 atom stereocenters. The molecule has 0 heterocycles. The van der Waals surface area contributed by atoms with Crippen LogP contribution in [0.5, 0.6) is 5.75 Å². The summed E-state index contributed by atoms with van der Waals surface area (Å²) in [6, 6.07) is 12.6. The molecule has 3 nitrogen and oxygen atoms in total. The maximum absolute atomic E-state index is 12.3. The van der Waals surface area contributed by atoms with Gasteiger partial charge in [-0.15, -0.1) is 0 Å². The van der Waals surface area contributed by atoms with Crippen LogP contribution in [0.25, 0.3) is 0 Å². The summed E-state index contributed by atoms with van der Waals surface area (Å²) < 4.78 is 5.74. The smallest absolute Gasteiger partial charge is 0.255 e. The van der Waals surface area contributed by atoms with Crippen LogP contribution in [0.4, 0.5) is 5.69 Å². The number of carbonyl (C=O) groups is 1. The predicted octanol–water partition coefficient (Wildman–Crippen LogP) is 5.08. The van der Waals surface area contributed by atoms with Crippen molar-refractivity contribution in [1.82, 2.24) is 0 Å². The van der Waals surface area contributed by atoms with Gasteiger partial charge in [-0.3, -0.25) is 4.79 Å². The largest absolute Gasteiger partial charge is 0.491 e. The van der Waals surface area contributed by atoms with E-state index in [1.165, 1.54) is 0 Å². The van der Waals surface area contributed by atoms with Gasteiger partial charge in [0, 0.05) is 16.3 Å². The van der Waals surface area contributed by atoms with Gasteiger partial charge in [0.25, 0.3) is 5.91 Å². The van der Waals surface area contributed by atoms with Crippen LogP contribution in [0.15, 0.2) is 42.5 Å². The van der Waals surface area contributed by atoms with Crippen molar-refractivity contribution in [3.05, 3.63) is 58.6 Å². The van der Waals surface area contributed by atoms with Gasteiger partial charge in [-0.1, -0.05) is 30.7 Å². The van der Waals surface area contributed by atoms with Crippen LogP contribution in [0.1, 0.15) is 36.2 Å². The SMILES string of the molecule is CCC(C)Oc1cccc(C(=O)Nc2ccc(C)c(Cl)c2)c1. The van der Waals surface area contributed by atoms with Crippen molar-refractivity contribution in [3.8, 4) is 5.75 Å². The van der Waals surface area contributed by atoms with Crippen molar-refractivity contribution in [2.45, 2.75) is 33.3 Å². The molecule has 0 spiro atoms.